The number of benzene rings is 4. The van der Waals surface area contributed by atoms with Crippen LogP contribution in [0.5, 0.6) is 46.0 Å². The van der Waals surface area contributed by atoms with Gasteiger partial charge in [-0.1, -0.05) is 0 Å². The van der Waals surface area contributed by atoms with Crippen LogP contribution in [0.2, 0.25) is 0 Å². The van der Waals surface area contributed by atoms with Crippen LogP contribution >= 0.6 is 0 Å². The molecular weight excluding hydrogens is 704 g/mol. The summed E-state index contributed by atoms with van der Waals surface area (Å²) >= 11 is 0. The Morgan fingerprint density at radius 3 is 2.06 bits per heavy atom. The van der Waals surface area contributed by atoms with Crippen LogP contribution in [-0.2, 0) is 20.9 Å². The van der Waals surface area contributed by atoms with E-state index in [2.05, 4.69) is 0 Å². The Bertz CT molecular complexity index is 2370. The average molecular weight is 733 g/mol. The third-order valence-corrected chi connectivity index (χ3v) is 9.48. The fraction of sp³-hybridized carbons (Fsp3) is 0.222. The first-order chi connectivity index (χ1) is 25.2. The van der Waals surface area contributed by atoms with Crippen LogP contribution in [-0.4, -0.2) is 94.2 Å². The number of ketones is 1. The number of fused-ring (bicyclic) bond motifs is 3. The summed E-state index contributed by atoms with van der Waals surface area (Å²) in [5.41, 5.74) is -5.29. The quantitative estimate of drug-likeness (QED) is 0.110. The molecular formula is C36H28O17. The van der Waals surface area contributed by atoms with Crippen molar-refractivity contribution in [2.45, 2.75) is 42.1 Å². The van der Waals surface area contributed by atoms with Gasteiger partial charge >= 0.3 is 0 Å². The Morgan fingerprint density at radius 2 is 1.40 bits per heavy atom. The van der Waals surface area contributed by atoms with Gasteiger partial charge in [-0.2, -0.15) is 0 Å². The Labute approximate surface area is 295 Å². The highest BCUT2D eigenvalue weighted by Gasteiger charge is 2.83. The third kappa shape index (κ3) is 4.79. The molecule has 0 aliphatic carbocycles. The number of phenolic OH excluding ortho intramolecular Hbond substituents is 6. The first kappa shape index (κ1) is 34.0. The van der Waals surface area contributed by atoms with Crippen LogP contribution in [0.25, 0.3) is 22.3 Å². The second-order valence-corrected chi connectivity index (χ2v) is 12.7. The fourth-order valence-electron chi connectivity index (χ4n) is 6.88. The highest BCUT2D eigenvalue weighted by Crippen LogP contribution is 2.70. The van der Waals surface area contributed by atoms with Crippen molar-refractivity contribution in [3.05, 3.63) is 93.6 Å². The van der Waals surface area contributed by atoms with E-state index in [1.54, 1.807) is 0 Å². The maximum absolute atomic E-state index is 14.6. The Kier molecular flexibility index (Phi) is 7.52. The number of Topliss-reactive ketones (excluding diaryl/α,β-unsaturated/α-hetero) is 1. The van der Waals surface area contributed by atoms with Crippen molar-refractivity contribution in [3.8, 4) is 57.3 Å². The van der Waals surface area contributed by atoms with Gasteiger partial charge in [0.25, 0.3) is 5.79 Å². The van der Waals surface area contributed by atoms with Crippen LogP contribution in [0.4, 0.5) is 0 Å². The molecule has 0 radical (unpaired) electrons. The highest BCUT2D eigenvalue weighted by atomic mass is 16.8. The van der Waals surface area contributed by atoms with Gasteiger partial charge in [-0.3, -0.25) is 9.59 Å². The minimum absolute atomic E-state index is 0.0128. The first-order valence-corrected chi connectivity index (χ1v) is 15.8. The van der Waals surface area contributed by atoms with E-state index in [1.807, 2.05) is 0 Å². The third-order valence-electron chi connectivity index (χ3n) is 9.48. The smallest absolute Gasteiger partial charge is 0.280 e. The number of carbonyl (C=O) groups excluding carboxylic acids is 1. The summed E-state index contributed by atoms with van der Waals surface area (Å²) < 4.78 is 29.8. The number of aliphatic hydroxyl groups excluding tert-OH is 4. The summed E-state index contributed by atoms with van der Waals surface area (Å²) in [7, 11) is 0. The second kappa shape index (κ2) is 11.7. The summed E-state index contributed by atoms with van der Waals surface area (Å²) in [5, 5.41) is 104. The van der Waals surface area contributed by atoms with E-state index < -0.39 is 117 Å². The van der Waals surface area contributed by atoms with E-state index >= 15 is 0 Å². The number of ether oxygens (including phenoxy) is 4. The fourth-order valence-corrected chi connectivity index (χ4v) is 6.88. The topological polar surface area (TPSA) is 290 Å². The number of carbonyl (C=O) groups is 1. The molecule has 0 bridgehead atoms. The van der Waals surface area contributed by atoms with Gasteiger partial charge in [-0.05, 0) is 48.5 Å². The van der Waals surface area contributed by atoms with Crippen molar-refractivity contribution in [1.29, 1.82) is 0 Å². The number of rotatable bonds is 6. The van der Waals surface area contributed by atoms with Crippen LogP contribution in [0.15, 0.2) is 75.9 Å². The van der Waals surface area contributed by atoms with E-state index in [4.69, 9.17) is 23.4 Å². The van der Waals surface area contributed by atoms with Crippen LogP contribution in [0.3, 0.4) is 0 Å². The van der Waals surface area contributed by atoms with Crippen molar-refractivity contribution < 1.29 is 79.2 Å². The Balaban J connectivity index is 1.41. The lowest BCUT2D eigenvalue weighted by atomic mass is 9.79. The number of epoxide rings is 1. The summed E-state index contributed by atoms with van der Waals surface area (Å²) in [4.78, 5) is 29.1. The largest absolute Gasteiger partial charge is 0.508 e. The van der Waals surface area contributed by atoms with Gasteiger partial charge in [0.05, 0.1) is 12.2 Å². The van der Waals surface area contributed by atoms with Gasteiger partial charge in [0.2, 0.25) is 28.9 Å². The Morgan fingerprint density at radius 1 is 0.736 bits per heavy atom. The van der Waals surface area contributed by atoms with E-state index in [-0.39, 0.29) is 28.4 Å². The zero-order valence-corrected chi connectivity index (χ0v) is 26.8. The molecule has 10 N–H and O–H groups in total. The van der Waals surface area contributed by atoms with E-state index in [9.17, 15) is 60.7 Å². The molecule has 3 aliphatic rings. The molecule has 7 atom stereocenters. The number of phenols is 6. The zero-order chi connectivity index (χ0) is 37.7. The van der Waals surface area contributed by atoms with E-state index in [1.165, 1.54) is 48.5 Å². The molecule has 0 spiro atoms. The predicted molar refractivity (Wildman–Crippen MR) is 175 cm³/mol. The Hall–Kier alpha value is -6.08. The number of aromatic hydroxyl groups is 6. The number of hydrogen-bond acceptors (Lipinski definition) is 17. The molecule has 5 aromatic rings. The molecule has 2 saturated heterocycles. The molecule has 4 heterocycles. The molecule has 53 heavy (non-hydrogen) atoms. The SMILES string of the molecule is O=C1c2c(O)cc(O)cc2O[C@]2(c3ccc(O)cc3)O[C@]12c1c(O)cc(O)c2c(=O)c(O[C@@H]3O[C@H](CO)[C@@H](O)[C@H](O)[C@H]3O)c(-c3ccc(O)cc3)oc12. The van der Waals surface area contributed by atoms with Crippen LogP contribution in [0.1, 0.15) is 21.5 Å². The molecule has 3 aliphatic heterocycles. The average Bonchev–Trinajstić information content (AvgIpc) is 3.80. The highest BCUT2D eigenvalue weighted by molar-refractivity contribution is 6.13. The molecule has 0 saturated carbocycles. The number of aliphatic hydroxyl groups is 4. The van der Waals surface area contributed by atoms with Gasteiger partial charge in [0.15, 0.2) is 11.3 Å². The van der Waals surface area contributed by atoms with Gasteiger partial charge in [-0.25, -0.2) is 0 Å². The van der Waals surface area contributed by atoms with E-state index in [0.717, 1.165) is 12.1 Å². The monoisotopic (exact) mass is 732 g/mol. The second-order valence-electron chi connectivity index (χ2n) is 12.7. The predicted octanol–water partition coefficient (Wildman–Crippen LogP) is 1.23. The lowest BCUT2D eigenvalue weighted by molar-refractivity contribution is -0.277. The standard InChI is InChI=1S/C36H28O17/c37-12-22-26(44)28(46)29(47)34(49-22)51-32-27(45)24-19(42)11-20(43)25(31(24)50-30(32)13-1-5-15(38)6-2-13)35-33(48)23-18(41)9-17(40)10-21(23)52-36(35,53-35)14-3-7-16(39)8-4-14/h1-11,22,26,28-29,34,37-44,46-47H,12H2/t22-,26-,28+,29-,34+,35-,36-/m1/s1. The van der Waals surface area contributed by atoms with Crippen molar-refractivity contribution >= 4 is 16.8 Å². The molecule has 1 aromatic heterocycles. The molecule has 0 amide bonds. The molecule has 8 rings (SSSR count). The minimum Gasteiger partial charge on any atom is -0.508 e. The van der Waals surface area contributed by atoms with Crippen LogP contribution in [0, 0.1) is 0 Å². The molecule has 17 nitrogen and oxygen atoms in total. The molecule has 274 valence electrons. The molecule has 4 aromatic carbocycles. The van der Waals surface area contributed by atoms with Gasteiger partial charge in [0, 0.05) is 29.3 Å². The molecule has 17 heteroatoms. The first-order valence-electron chi connectivity index (χ1n) is 15.8. The normalized spacial score (nSPS) is 27.5. The lowest BCUT2D eigenvalue weighted by Gasteiger charge is -2.39. The molecule has 0 unspecified atom stereocenters. The van der Waals surface area contributed by atoms with Gasteiger partial charge in [0.1, 0.15) is 75.6 Å². The summed E-state index contributed by atoms with van der Waals surface area (Å²) in [6.07, 6.45) is -9.04. The van der Waals surface area contributed by atoms with Crippen molar-refractivity contribution in [1.82, 2.24) is 0 Å². The van der Waals surface area contributed by atoms with Gasteiger partial charge in [-0.15, -0.1) is 0 Å². The van der Waals surface area contributed by atoms with E-state index in [0.29, 0.717) is 6.07 Å². The lowest BCUT2D eigenvalue weighted by Crippen LogP contribution is -2.60. The summed E-state index contributed by atoms with van der Waals surface area (Å²) in [5.74, 6) is -8.15. The minimum atomic E-state index is -2.48. The summed E-state index contributed by atoms with van der Waals surface area (Å²) in [6.45, 7) is -0.829. The van der Waals surface area contributed by atoms with Crippen LogP contribution < -0.4 is 14.9 Å². The van der Waals surface area contributed by atoms with Crippen molar-refractivity contribution in [3.63, 3.8) is 0 Å². The van der Waals surface area contributed by atoms with Gasteiger partial charge < -0.3 is 74.4 Å². The zero-order valence-electron chi connectivity index (χ0n) is 26.8. The summed E-state index contributed by atoms with van der Waals surface area (Å²) in [6, 6.07) is 12.8. The van der Waals surface area contributed by atoms with Crippen molar-refractivity contribution in [2.75, 3.05) is 6.61 Å². The maximum atomic E-state index is 14.6. The van der Waals surface area contributed by atoms with Crippen molar-refractivity contribution in [2.24, 2.45) is 0 Å². The molecule has 2 fully saturated rings. The maximum Gasteiger partial charge on any atom is 0.280 e. The number of hydrogen-bond donors (Lipinski definition) is 10.